The Morgan fingerprint density at radius 2 is 2.06 bits per heavy atom. The highest BCUT2D eigenvalue weighted by Crippen LogP contribution is 2.33. The van der Waals surface area contributed by atoms with E-state index in [1.807, 2.05) is 0 Å². The number of carboxylic acid groups (broad SMARTS) is 1. The molecular weight excluding hydrogens is 416 g/mol. The smallest absolute Gasteiger partial charge is 0.341 e. The highest BCUT2D eigenvalue weighted by atomic mass is 19.1. The molecule has 1 aromatic carbocycles. The molecular formula is C19H21F2N5O5. The summed E-state index contributed by atoms with van der Waals surface area (Å²) < 4.78 is 31.9. The van der Waals surface area contributed by atoms with E-state index < -0.39 is 40.2 Å². The van der Waals surface area contributed by atoms with Crippen molar-refractivity contribution < 1.29 is 28.4 Å². The van der Waals surface area contributed by atoms with E-state index in [0.717, 1.165) is 12.3 Å². The average Bonchev–Trinajstić information content (AvgIpc) is 3.12. The first-order chi connectivity index (χ1) is 14.7. The second-order valence-electron chi connectivity index (χ2n) is 6.78. The summed E-state index contributed by atoms with van der Waals surface area (Å²) in [5.41, 5.74) is 4.16. The van der Waals surface area contributed by atoms with Gasteiger partial charge in [-0.3, -0.25) is 4.79 Å². The summed E-state index contributed by atoms with van der Waals surface area (Å²) in [5, 5.41) is 16.4. The van der Waals surface area contributed by atoms with E-state index in [4.69, 9.17) is 10.6 Å². The van der Waals surface area contributed by atoms with Crippen molar-refractivity contribution in [3.8, 4) is 0 Å². The summed E-state index contributed by atoms with van der Waals surface area (Å²) in [7, 11) is 2.64. The third-order valence-corrected chi connectivity index (χ3v) is 5.04. The van der Waals surface area contributed by atoms with Crippen molar-refractivity contribution >= 4 is 34.1 Å². The molecule has 0 radical (unpaired) electrons. The number of amidine groups is 1. The molecule has 0 saturated carbocycles. The standard InChI is InChI=1S/C19H21F2N5O5/c1-4-25-7-11(19(28)29)17(27)9-5-12(20)16(14(21)15(9)25)26-6-10(18(22)24-31-3)13(8-26)23-30-2/h5,7,10H,4,6,8H2,1-3H3,(H2,22,24)(H,28,29)/b23-13+. The van der Waals surface area contributed by atoms with Crippen LogP contribution in [-0.4, -0.2) is 54.5 Å². The summed E-state index contributed by atoms with van der Waals surface area (Å²) in [6, 6.07) is 0.849. The molecule has 1 saturated heterocycles. The molecule has 0 bridgehead atoms. The van der Waals surface area contributed by atoms with Crippen molar-refractivity contribution in [1.29, 1.82) is 0 Å². The van der Waals surface area contributed by atoms with Gasteiger partial charge in [0, 0.05) is 19.3 Å². The number of rotatable bonds is 6. The minimum absolute atomic E-state index is 0.0125. The number of carboxylic acids is 1. The molecule has 10 nitrogen and oxygen atoms in total. The number of anilines is 1. The van der Waals surface area contributed by atoms with Gasteiger partial charge in [-0.2, -0.15) is 0 Å². The van der Waals surface area contributed by atoms with Gasteiger partial charge >= 0.3 is 5.97 Å². The lowest BCUT2D eigenvalue weighted by atomic mass is 10.1. The van der Waals surface area contributed by atoms with Crippen molar-refractivity contribution in [2.75, 3.05) is 32.2 Å². The van der Waals surface area contributed by atoms with Crippen molar-refractivity contribution in [2.45, 2.75) is 13.5 Å². The molecule has 1 unspecified atom stereocenters. The van der Waals surface area contributed by atoms with Crippen LogP contribution in [0.1, 0.15) is 17.3 Å². The summed E-state index contributed by atoms with van der Waals surface area (Å²) in [6.07, 6.45) is 1.05. The first-order valence-corrected chi connectivity index (χ1v) is 9.24. The Morgan fingerprint density at radius 3 is 2.65 bits per heavy atom. The minimum atomic E-state index is -1.48. The van der Waals surface area contributed by atoms with Gasteiger partial charge in [0.15, 0.2) is 5.82 Å². The number of aromatic carboxylic acids is 1. The van der Waals surface area contributed by atoms with E-state index in [1.54, 1.807) is 6.92 Å². The molecule has 3 N–H and O–H groups in total. The third kappa shape index (κ3) is 3.76. The monoisotopic (exact) mass is 437 g/mol. The fourth-order valence-corrected chi connectivity index (χ4v) is 3.68. The van der Waals surface area contributed by atoms with Gasteiger partial charge in [-0.05, 0) is 13.0 Å². The highest BCUT2D eigenvalue weighted by molar-refractivity contribution is 6.10. The maximum atomic E-state index is 15.6. The molecule has 166 valence electrons. The molecule has 12 heteroatoms. The number of carbonyl (C=O) groups is 1. The van der Waals surface area contributed by atoms with E-state index in [-0.39, 0.29) is 36.4 Å². The topological polar surface area (TPSA) is 132 Å². The second kappa shape index (κ2) is 8.58. The largest absolute Gasteiger partial charge is 0.477 e. The number of hydrogen-bond acceptors (Lipinski definition) is 7. The molecule has 1 aromatic heterocycles. The van der Waals surface area contributed by atoms with Crippen molar-refractivity contribution in [3.05, 3.63) is 39.7 Å². The highest BCUT2D eigenvalue weighted by Gasteiger charge is 2.36. The van der Waals surface area contributed by atoms with E-state index in [0.29, 0.717) is 5.71 Å². The summed E-state index contributed by atoms with van der Waals surface area (Å²) in [4.78, 5) is 34.7. The van der Waals surface area contributed by atoms with Crippen LogP contribution in [0.5, 0.6) is 0 Å². The zero-order chi connectivity index (χ0) is 22.9. The van der Waals surface area contributed by atoms with Crippen LogP contribution >= 0.6 is 0 Å². The van der Waals surface area contributed by atoms with E-state index >= 15 is 8.78 Å². The summed E-state index contributed by atoms with van der Waals surface area (Å²) in [6.45, 7) is 1.83. The van der Waals surface area contributed by atoms with Crippen LogP contribution in [0.4, 0.5) is 14.5 Å². The maximum absolute atomic E-state index is 15.6. The quantitative estimate of drug-likeness (QED) is 0.396. The molecule has 0 spiro atoms. The van der Waals surface area contributed by atoms with Crippen molar-refractivity contribution in [2.24, 2.45) is 22.0 Å². The number of fused-ring (bicyclic) bond motifs is 1. The zero-order valence-corrected chi connectivity index (χ0v) is 17.1. The van der Waals surface area contributed by atoms with E-state index in [1.165, 1.54) is 23.7 Å². The second-order valence-corrected chi connectivity index (χ2v) is 6.78. The fraction of sp³-hybridized carbons (Fsp3) is 0.368. The Labute approximate surface area is 175 Å². The van der Waals surface area contributed by atoms with Crippen LogP contribution in [-0.2, 0) is 16.2 Å². The van der Waals surface area contributed by atoms with Crippen LogP contribution in [0, 0.1) is 17.6 Å². The Morgan fingerprint density at radius 1 is 1.35 bits per heavy atom. The molecule has 3 rings (SSSR count). The number of nitrogens with two attached hydrogens (primary N) is 1. The Hall–Kier alpha value is -3.70. The lowest BCUT2D eigenvalue weighted by molar-refractivity contribution is 0.0694. The van der Waals surface area contributed by atoms with E-state index in [2.05, 4.69) is 15.1 Å². The van der Waals surface area contributed by atoms with E-state index in [9.17, 15) is 14.7 Å². The first kappa shape index (κ1) is 22.0. The number of oxime groups is 2. The van der Waals surface area contributed by atoms with Gasteiger partial charge in [0.05, 0.1) is 29.1 Å². The Bertz CT molecular complexity index is 1160. The average molecular weight is 437 g/mol. The Balaban J connectivity index is 2.21. The predicted octanol–water partition coefficient (Wildman–Crippen LogP) is 1.36. The SMILES string of the molecule is CCn1cc(C(=O)O)c(=O)c2cc(F)c(N3C/C(=N\OC)C(/C(N)=N\OC)C3)c(F)c21. The van der Waals surface area contributed by atoms with Crippen LogP contribution < -0.4 is 16.1 Å². The van der Waals surface area contributed by atoms with Gasteiger partial charge in [0.1, 0.15) is 37.1 Å². The van der Waals surface area contributed by atoms with Crippen LogP contribution in [0.2, 0.25) is 0 Å². The van der Waals surface area contributed by atoms with Gasteiger partial charge in [-0.1, -0.05) is 10.3 Å². The van der Waals surface area contributed by atoms with Gasteiger partial charge in [0.25, 0.3) is 0 Å². The van der Waals surface area contributed by atoms with Crippen molar-refractivity contribution in [3.63, 3.8) is 0 Å². The number of aromatic nitrogens is 1. The molecule has 0 amide bonds. The number of nitrogens with zero attached hydrogens (tertiary/aromatic N) is 4. The van der Waals surface area contributed by atoms with Gasteiger partial charge in [-0.15, -0.1) is 0 Å². The molecule has 1 aliphatic rings. The molecule has 1 atom stereocenters. The third-order valence-electron chi connectivity index (χ3n) is 5.04. The van der Waals surface area contributed by atoms with Crippen LogP contribution in [0.3, 0.4) is 0 Å². The molecule has 2 heterocycles. The molecule has 1 fully saturated rings. The lowest BCUT2D eigenvalue weighted by Gasteiger charge is -2.21. The van der Waals surface area contributed by atoms with Crippen LogP contribution in [0.15, 0.2) is 27.4 Å². The van der Waals surface area contributed by atoms with Gasteiger partial charge < -0.3 is 30.0 Å². The molecule has 0 aliphatic carbocycles. The fourth-order valence-electron chi connectivity index (χ4n) is 3.68. The number of hydrogen-bond donors (Lipinski definition) is 2. The number of pyridine rings is 1. The normalized spacial score (nSPS) is 18.1. The maximum Gasteiger partial charge on any atom is 0.341 e. The Kier molecular flexibility index (Phi) is 6.09. The van der Waals surface area contributed by atoms with Gasteiger partial charge in [-0.25, -0.2) is 13.6 Å². The van der Waals surface area contributed by atoms with Gasteiger partial charge in [0.2, 0.25) is 5.43 Å². The first-order valence-electron chi connectivity index (χ1n) is 9.24. The molecule has 31 heavy (non-hydrogen) atoms. The minimum Gasteiger partial charge on any atom is -0.477 e. The summed E-state index contributed by atoms with van der Waals surface area (Å²) >= 11 is 0. The van der Waals surface area contributed by atoms with Crippen LogP contribution in [0.25, 0.3) is 10.9 Å². The lowest BCUT2D eigenvalue weighted by Crippen LogP contribution is -2.31. The number of halogens is 2. The van der Waals surface area contributed by atoms with Crippen molar-refractivity contribution in [1.82, 2.24) is 4.57 Å². The summed E-state index contributed by atoms with van der Waals surface area (Å²) in [5.74, 6) is -4.05. The predicted molar refractivity (Wildman–Crippen MR) is 110 cm³/mol. The number of benzene rings is 1. The molecule has 2 aromatic rings. The zero-order valence-electron chi connectivity index (χ0n) is 17.1. The number of aryl methyl sites for hydroxylation is 1. The molecule has 1 aliphatic heterocycles.